The molecule has 0 aromatic heterocycles. The molecule has 2 aromatic rings. The van der Waals surface area contributed by atoms with Crippen LogP contribution in [0.2, 0.25) is 3.72 Å². The van der Waals surface area contributed by atoms with Gasteiger partial charge < -0.3 is 0 Å². The van der Waals surface area contributed by atoms with Crippen molar-refractivity contribution in [1.82, 2.24) is 4.90 Å². The van der Waals surface area contributed by atoms with Crippen LogP contribution in [0.25, 0.3) is 16.3 Å². The maximum absolute atomic E-state index is 6.21. The van der Waals surface area contributed by atoms with Crippen LogP contribution in [-0.4, -0.2) is 32.6 Å². The molecule has 0 unspecified atom stereocenters. The predicted molar refractivity (Wildman–Crippen MR) is 124 cm³/mol. The second kappa shape index (κ2) is 10.4. The van der Waals surface area contributed by atoms with E-state index >= 15 is 0 Å². The molecule has 0 bridgehead atoms. The molecule has 1 aliphatic carbocycles. The van der Waals surface area contributed by atoms with Gasteiger partial charge in [-0.05, 0) is 0 Å². The van der Waals surface area contributed by atoms with E-state index in [1.807, 2.05) is 7.11 Å². The van der Waals surface area contributed by atoms with Crippen LogP contribution in [0.5, 0.6) is 0 Å². The zero-order valence-corrected chi connectivity index (χ0v) is 20.9. The molecule has 0 saturated heterocycles. The Labute approximate surface area is 189 Å². The smallest absolute Gasteiger partial charge is 0.147 e. The summed E-state index contributed by atoms with van der Waals surface area (Å²) in [5, 5.41) is 2.69. The number of fused-ring (bicyclic) bond motifs is 1. The predicted octanol–water partition coefficient (Wildman–Crippen LogP) is 5.98. The van der Waals surface area contributed by atoms with E-state index < -0.39 is 18.3 Å². The summed E-state index contributed by atoms with van der Waals surface area (Å²) < 4.78 is 7.89. The number of nitrogens with zero attached hydrogens (tertiary/aromatic N) is 1. The van der Waals surface area contributed by atoms with Crippen molar-refractivity contribution in [3.63, 3.8) is 0 Å². The molecule has 0 atom stereocenters. The first-order valence-electron chi connectivity index (χ1n) is 9.29. The molecule has 0 heterocycles. The molecule has 0 saturated carbocycles. The molecular weight excluding hydrogens is 425 g/mol. The van der Waals surface area contributed by atoms with E-state index in [1.165, 1.54) is 31.4 Å². The van der Waals surface area contributed by atoms with E-state index in [0.717, 1.165) is 13.0 Å². The molecule has 0 N–H and O–H groups in total. The van der Waals surface area contributed by atoms with Gasteiger partial charge in [-0.2, -0.15) is 0 Å². The van der Waals surface area contributed by atoms with Gasteiger partial charge in [-0.3, -0.25) is 0 Å². The van der Waals surface area contributed by atoms with E-state index in [-0.39, 0.29) is 28.5 Å². The average Bonchev–Trinajstić information content (AvgIpc) is 3.02. The van der Waals surface area contributed by atoms with Crippen LogP contribution in [0.3, 0.4) is 0 Å². The van der Waals surface area contributed by atoms with E-state index in [4.69, 9.17) is 3.32 Å². The van der Waals surface area contributed by atoms with Crippen LogP contribution >= 0.6 is 24.8 Å². The van der Waals surface area contributed by atoms with Crippen LogP contribution in [0, 0.1) is 0 Å². The van der Waals surface area contributed by atoms with Gasteiger partial charge >= 0.3 is 165 Å². The molecule has 0 amide bonds. The number of benzene rings is 2. The molecule has 2 aromatic carbocycles. The normalized spacial score (nSPS) is 13.7. The van der Waals surface area contributed by atoms with Gasteiger partial charge in [0, 0.05) is 0 Å². The topological polar surface area (TPSA) is 12.5 Å². The van der Waals surface area contributed by atoms with Gasteiger partial charge in [-0.25, -0.2) is 0 Å². The Morgan fingerprint density at radius 2 is 1.71 bits per heavy atom. The van der Waals surface area contributed by atoms with Gasteiger partial charge in [0.15, 0.2) is 0 Å². The van der Waals surface area contributed by atoms with Crippen LogP contribution in [-0.2, 0) is 21.6 Å². The number of halogens is 2. The van der Waals surface area contributed by atoms with Crippen molar-refractivity contribution in [2.75, 3.05) is 27.7 Å². The summed E-state index contributed by atoms with van der Waals surface area (Å²) in [4.78, 5) is 2.23. The van der Waals surface area contributed by atoms with E-state index in [2.05, 4.69) is 88.3 Å². The molecule has 0 spiro atoms. The number of hydrogen-bond donors (Lipinski definition) is 0. The minimum absolute atomic E-state index is 0. The van der Waals surface area contributed by atoms with E-state index in [1.54, 1.807) is 0 Å². The van der Waals surface area contributed by atoms with Gasteiger partial charge in [-0.15, -0.1) is 24.8 Å². The fourth-order valence-electron chi connectivity index (χ4n) is 3.81. The summed E-state index contributed by atoms with van der Waals surface area (Å²) >= 11 is -1.96. The van der Waals surface area contributed by atoms with Crippen molar-refractivity contribution >= 4 is 45.0 Å². The summed E-state index contributed by atoms with van der Waals surface area (Å²) in [5.41, 5.74) is 4.26. The first-order chi connectivity index (χ1) is 12.3. The summed E-state index contributed by atoms with van der Waals surface area (Å²) in [6.45, 7) is 7.99. The SMILES string of the molecule is C[O][Ti]([c]1c(C2=CC(CN(C)C)=CC2)ccc2ccccc12)[C](C)(C)C.Cl.Cl. The second-order valence-electron chi connectivity index (χ2n) is 8.38. The number of likely N-dealkylation sites (N-methyl/N-ethyl adjacent to an activating group) is 1. The molecule has 0 fully saturated rings. The summed E-state index contributed by atoms with van der Waals surface area (Å²) in [7, 11) is 6.16. The first kappa shape index (κ1) is 25.4. The molecule has 2 nitrogen and oxygen atoms in total. The Morgan fingerprint density at radius 1 is 1.04 bits per heavy atom. The summed E-state index contributed by atoms with van der Waals surface area (Å²) in [6, 6.07) is 13.4. The van der Waals surface area contributed by atoms with Crippen molar-refractivity contribution < 1.29 is 21.6 Å². The Bertz CT molecular complexity index is 869. The maximum Gasteiger partial charge on any atom is -0.147 e. The standard InChI is InChI=1S/C18H18N.C4H9.CH3O.2ClH.Ti/c1-19(2)13-14-7-8-17(11-14)18-10-9-15-5-3-4-6-16(15)12-18;1-4(2)3;1-2;;;/h3-7,9-11H,8,13H2,1-2H3;1-3H3;1H3;2*1H;/q;;-1;;;+1. The van der Waals surface area contributed by atoms with Crippen LogP contribution in [0.15, 0.2) is 54.1 Å². The molecule has 28 heavy (non-hydrogen) atoms. The molecule has 0 aliphatic heterocycles. The van der Waals surface area contributed by atoms with Crippen LogP contribution in [0.4, 0.5) is 0 Å². The molecule has 5 heteroatoms. The quantitative estimate of drug-likeness (QED) is 0.513. The van der Waals surface area contributed by atoms with Crippen molar-refractivity contribution in [3.8, 4) is 0 Å². The Kier molecular flexibility index (Phi) is 9.47. The summed E-state index contributed by atoms with van der Waals surface area (Å²) in [5.74, 6) is 0. The molecule has 1 aliphatic rings. The van der Waals surface area contributed by atoms with Gasteiger partial charge in [-0.1, -0.05) is 0 Å². The van der Waals surface area contributed by atoms with Crippen molar-refractivity contribution in [2.24, 2.45) is 0 Å². The number of allylic oxidation sites excluding steroid dienone is 2. The Balaban J connectivity index is 0.00000196. The van der Waals surface area contributed by atoms with Crippen molar-refractivity contribution in [1.29, 1.82) is 0 Å². The maximum atomic E-state index is 6.21. The Hall–Kier alpha value is -0.606. The molecule has 153 valence electrons. The van der Waals surface area contributed by atoms with E-state index in [9.17, 15) is 0 Å². The van der Waals surface area contributed by atoms with Gasteiger partial charge in [0.1, 0.15) is 0 Å². The third-order valence-electron chi connectivity index (χ3n) is 4.83. The minimum Gasteiger partial charge on any atom is -0.147 e. The molecule has 3 rings (SSSR count). The van der Waals surface area contributed by atoms with E-state index in [0.29, 0.717) is 0 Å². The first-order valence-corrected chi connectivity index (χ1v) is 11.5. The third kappa shape index (κ3) is 5.50. The van der Waals surface area contributed by atoms with Crippen molar-refractivity contribution in [2.45, 2.75) is 30.9 Å². The number of hydrogen-bond acceptors (Lipinski definition) is 2. The third-order valence-corrected chi connectivity index (χ3v) is 9.15. The molecular formula is C23H32Cl2NOTi. The van der Waals surface area contributed by atoms with Crippen LogP contribution in [0.1, 0.15) is 32.8 Å². The summed E-state index contributed by atoms with van der Waals surface area (Å²) in [6.07, 6.45) is 5.79. The van der Waals surface area contributed by atoms with Gasteiger partial charge in [0.25, 0.3) is 0 Å². The second-order valence-corrected chi connectivity index (χ2v) is 13.2. The van der Waals surface area contributed by atoms with Gasteiger partial charge in [0.05, 0.1) is 0 Å². The Morgan fingerprint density at radius 3 is 2.32 bits per heavy atom. The average molecular weight is 457 g/mol. The fourth-order valence-corrected chi connectivity index (χ4v) is 7.76. The fraction of sp³-hybridized carbons (Fsp3) is 0.391. The zero-order valence-electron chi connectivity index (χ0n) is 17.7. The zero-order chi connectivity index (χ0) is 18.9. The van der Waals surface area contributed by atoms with Crippen LogP contribution < -0.4 is 3.87 Å². The monoisotopic (exact) mass is 456 g/mol. The van der Waals surface area contributed by atoms with Gasteiger partial charge in [0.2, 0.25) is 0 Å². The molecule has 0 radical (unpaired) electrons. The van der Waals surface area contributed by atoms with Crippen molar-refractivity contribution in [3.05, 3.63) is 59.7 Å². The largest absolute Gasteiger partial charge is 0.147 e. The minimum atomic E-state index is -1.96. The number of rotatable bonds is 5.